The van der Waals surface area contributed by atoms with Crippen LogP contribution in [0.25, 0.3) is 27.9 Å². The second-order valence-corrected chi connectivity index (χ2v) is 8.44. The maximum Gasteiger partial charge on any atom is 0.226 e. The summed E-state index contributed by atoms with van der Waals surface area (Å²) in [6, 6.07) is 4.06. The molecule has 4 aromatic heterocycles. The lowest BCUT2D eigenvalue weighted by atomic mass is 9.85. The summed E-state index contributed by atoms with van der Waals surface area (Å²) in [7, 11) is 5.50. The average Bonchev–Trinajstić information content (AvgIpc) is 3.45. The van der Waals surface area contributed by atoms with E-state index >= 15 is 0 Å². The summed E-state index contributed by atoms with van der Waals surface area (Å²) in [5.74, 6) is 1.66. The van der Waals surface area contributed by atoms with E-state index in [1.54, 1.807) is 15.6 Å². The predicted octanol–water partition coefficient (Wildman–Crippen LogP) is 2.77. The SMILES string of the molecule is CNc1nc(N[C@H]2CC[C@H](C(=O)N(C)C)CC2)nc2[nH]cc(-c3ccn4nccc4n3)c12. The number of rotatable bonds is 5. The van der Waals surface area contributed by atoms with Gasteiger partial charge in [-0.05, 0) is 31.7 Å². The van der Waals surface area contributed by atoms with E-state index < -0.39 is 0 Å². The first kappa shape index (κ1) is 20.2. The molecule has 0 unspecified atom stereocenters. The zero-order valence-electron chi connectivity index (χ0n) is 18.5. The summed E-state index contributed by atoms with van der Waals surface area (Å²) in [6.45, 7) is 0. The fourth-order valence-electron chi connectivity index (χ4n) is 4.48. The number of hydrogen-bond donors (Lipinski definition) is 3. The minimum Gasteiger partial charge on any atom is -0.372 e. The van der Waals surface area contributed by atoms with Crippen molar-refractivity contribution >= 4 is 34.4 Å². The number of fused-ring (bicyclic) bond motifs is 2. The average molecular weight is 434 g/mol. The third kappa shape index (κ3) is 3.61. The molecule has 3 N–H and O–H groups in total. The highest BCUT2D eigenvalue weighted by atomic mass is 16.2. The van der Waals surface area contributed by atoms with E-state index in [0.717, 1.165) is 59.4 Å². The van der Waals surface area contributed by atoms with E-state index in [2.05, 4.69) is 20.7 Å². The smallest absolute Gasteiger partial charge is 0.226 e. The van der Waals surface area contributed by atoms with Gasteiger partial charge in [0.05, 0.1) is 17.3 Å². The number of nitrogens with one attached hydrogen (secondary N) is 3. The molecule has 32 heavy (non-hydrogen) atoms. The molecule has 5 rings (SSSR count). The highest BCUT2D eigenvalue weighted by Crippen LogP contribution is 2.33. The van der Waals surface area contributed by atoms with Crippen LogP contribution in [0, 0.1) is 5.92 Å². The van der Waals surface area contributed by atoms with Gasteiger partial charge in [0.2, 0.25) is 11.9 Å². The fraction of sp³-hybridized carbons (Fsp3) is 0.409. The number of carbonyl (C=O) groups is 1. The normalized spacial score (nSPS) is 18.7. The van der Waals surface area contributed by atoms with Gasteiger partial charge in [0.25, 0.3) is 0 Å². The molecule has 0 bridgehead atoms. The van der Waals surface area contributed by atoms with Crippen molar-refractivity contribution in [1.82, 2.24) is 34.4 Å². The summed E-state index contributed by atoms with van der Waals surface area (Å²) >= 11 is 0. The molecule has 0 aromatic carbocycles. The van der Waals surface area contributed by atoms with Crippen LogP contribution < -0.4 is 10.6 Å². The summed E-state index contributed by atoms with van der Waals surface area (Å²) < 4.78 is 1.73. The molecule has 1 saturated carbocycles. The molecular weight excluding hydrogens is 406 g/mol. The van der Waals surface area contributed by atoms with Gasteiger partial charge in [-0.2, -0.15) is 15.1 Å². The second-order valence-electron chi connectivity index (χ2n) is 8.44. The van der Waals surface area contributed by atoms with E-state index in [0.29, 0.717) is 5.95 Å². The molecule has 0 aliphatic heterocycles. The molecule has 1 aliphatic carbocycles. The Labute approximate surface area is 185 Å². The molecule has 0 radical (unpaired) electrons. The Kier molecular flexibility index (Phi) is 5.12. The van der Waals surface area contributed by atoms with Crippen LogP contribution >= 0.6 is 0 Å². The maximum atomic E-state index is 12.2. The van der Waals surface area contributed by atoms with Crippen LogP contribution in [0.4, 0.5) is 11.8 Å². The summed E-state index contributed by atoms with van der Waals surface area (Å²) in [5, 5.41) is 11.8. The molecule has 4 aromatic rings. The Balaban J connectivity index is 1.39. The first-order chi connectivity index (χ1) is 15.5. The number of carbonyl (C=O) groups excluding carboxylic acids is 1. The van der Waals surface area contributed by atoms with Crippen LogP contribution in [0.15, 0.2) is 30.7 Å². The lowest BCUT2D eigenvalue weighted by Crippen LogP contribution is -2.35. The molecule has 1 aliphatic rings. The van der Waals surface area contributed by atoms with Crippen molar-refractivity contribution in [2.24, 2.45) is 5.92 Å². The van der Waals surface area contributed by atoms with Gasteiger partial charge >= 0.3 is 0 Å². The first-order valence-corrected chi connectivity index (χ1v) is 10.9. The number of aromatic amines is 1. The second kappa shape index (κ2) is 8.10. The molecule has 0 spiro atoms. The monoisotopic (exact) mass is 433 g/mol. The van der Waals surface area contributed by atoms with Gasteiger partial charge in [-0.15, -0.1) is 0 Å². The topological polar surface area (TPSA) is 116 Å². The Bertz CT molecular complexity index is 1270. The Morgan fingerprint density at radius 2 is 1.97 bits per heavy atom. The molecule has 166 valence electrons. The summed E-state index contributed by atoms with van der Waals surface area (Å²) in [5.41, 5.74) is 3.29. The molecule has 10 heteroatoms. The quantitative estimate of drug-likeness (QED) is 0.443. The largest absolute Gasteiger partial charge is 0.372 e. The molecular formula is C22H27N9O. The molecule has 4 heterocycles. The zero-order chi connectivity index (χ0) is 22.2. The van der Waals surface area contributed by atoms with Crippen LogP contribution in [0.2, 0.25) is 0 Å². The van der Waals surface area contributed by atoms with Crippen LogP contribution in [0.3, 0.4) is 0 Å². The first-order valence-electron chi connectivity index (χ1n) is 10.9. The highest BCUT2D eigenvalue weighted by molar-refractivity contribution is 6.00. The van der Waals surface area contributed by atoms with E-state index in [9.17, 15) is 4.79 Å². The van der Waals surface area contributed by atoms with E-state index in [1.807, 2.05) is 45.7 Å². The van der Waals surface area contributed by atoms with Crippen LogP contribution in [0.1, 0.15) is 25.7 Å². The Hall–Kier alpha value is -3.69. The van der Waals surface area contributed by atoms with Crippen molar-refractivity contribution in [3.05, 3.63) is 30.7 Å². The zero-order valence-corrected chi connectivity index (χ0v) is 18.5. The number of amides is 1. The number of hydrogen-bond acceptors (Lipinski definition) is 7. The standard InChI is InChI=1S/C22H27N9O/c1-23-19-18-15(16-9-11-31-17(27-16)8-10-25-31)12-24-20(18)29-22(28-19)26-14-6-4-13(5-7-14)21(32)30(2)3/h8-14H,4-7H2,1-3H3,(H3,23,24,26,28,29)/t13-,14-. The number of anilines is 2. The van der Waals surface area contributed by atoms with E-state index in [1.165, 1.54) is 0 Å². The molecule has 0 atom stereocenters. The lowest BCUT2D eigenvalue weighted by molar-refractivity contribution is -0.133. The Morgan fingerprint density at radius 3 is 2.72 bits per heavy atom. The third-order valence-corrected chi connectivity index (χ3v) is 6.15. The van der Waals surface area contributed by atoms with Crippen LogP contribution in [-0.4, -0.2) is 67.5 Å². The predicted molar refractivity (Wildman–Crippen MR) is 123 cm³/mol. The van der Waals surface area contributed by atoms with Crippen LogP contribution in [-0.2, 0) is 4.79 Å². The van der Waals surface area contributed by atoms with Gasteiger partial charge in [0, 0.05) is 57.1 Å². The van der Waals surface area contributed by atoms with Gasteiger partial charge in [0.1, 0.15) is 11.5 Å². The number of aromatic nitrogens is 6. The fourth-order valence-corrected chi connectivity index (χ4v) is 4.48. The Morgan fingerprint density at radius 1 is 1.16 bits per heavy atom. The highest BCUT2D eigenvalue weighted by Gasteiger charge is 2.28. The van der Waals surface area contributed by atoms with Gasteiger partial charge < -0.3 is 20.5 Å². The molecule has 10 nitrogen and oxygen atoms in total. The van der Waals surface area contributed by atoms with E-state index in [-0.39, 0.29) is 17.9 Å². The van der Waals surface area contributed by atoms with Crippen molar-refractivity contribution in [2.75, 3.05) is 31.8 Å². The minimum atomic E-state index is 0.117. The third-order valence-electron chi connectivity index (χ3n) is 6.15. The van der Waals surface area contributed by atoms with Gasteiger partial charge in [0.15, 0.2) is 5.65 Å². The van der Waals surface area contributed by atoms with Crippen molar-refractivity contribution in [3.63, 3.8) is 0 Å². The minimum absolute atomic E-state index is 0.117. The van der Waals surface area contributed by atoms with Gasteiger partial charge in [-0.3, -0.25) is 4.79 Å². The summed E-state index contributed by atoms with van der Waals surface area (Å²) in [6.07, 6.45) is 9.14. The summed E-state index contributed by atoms with van der Waals surface area (Å²) in [4.78, 5) is 31.3. The lowest BCUT2D eigenvalue weighted by Gasteiger charge is -2.29. The molecule has 0 saturated heterocycles. The number of nitrogens with zero attached hydrogens (tertiary/aromatic N) is 6. The molecule has 1 fully saturated rings. The van der Waals surface area contributed by atoms with Gasteiger partial charge in [-0.25, -0.2) is 9.50 Å². The number of H-pyrrole nitrogens is 1. The molecule has 1 amide bonds. The van der Waals surface area contributed by atoms with Gasteiger partial charge in [-0.1, -0.05) is 0 Å². The van der Waals surface area contributed by atoms with Crippen molar-refractivity contribution in [2.45, 2.75) is 31.7 Å². The van der Waals surface area contributed by atoms with E-state index in [4.69, 9.17) is 15.0 Å². The van der Waals surface area contributed by atoms with Crippen molar-refractivity contribution in [3.8, 4) is 11.3 Å². The maximum absolute atomic E-state index is 12.2. The van der Waals surface area contributed by atoms with Crippen LogP contribution in [0.5, 0.6) is 0 Å². The van der Waals surface area contributed by atoms with Crippen molar-refractivity contribution < 1.29 is 4.79 Å². The van der Waals surface area contributed by atoms with Crippen molar-refractivity contribution in [1.29, 1.82) is 0 Å².